The second kappa shape index (κ2) is 8.62. The first-order chi connectivity index (χ1) is 7.88. The molecular formula is C13H22N2S. The van der Waals surface area contributed by atoms with Gasteiger partial charge in [0.25, 0.3) is 0 Å². The van der Waals surface area contributed by atoms with Gasteiger partial charge in [0.2, 0.25) is 0 Å². The average Bonchev–Trinajstić information content (AvgIpc) is 2.34. The Morgan fingerprint density at radius 1 is 1.06 bits per heavy atom. The van der Waals surface area contributed by atoms with E-state index >= 15 is 0 Å². The maximum atomic E-state index is 3.46. The lowest BCUT2D eigenvalue weighted by Crippen LogP contribution is -2.27. The molecule has 0 heterocycles. The van der Waals surface area contributed by atoms with E-state index in [-0.39, 0.29) is 0 Å². The minimum atomic E-state index is 0.963. The monoisotopic (exact) mass is 238 g/mol. The largest absolute Gasteiger partial charge is 0.315 e. The Hall–Kier alpha value is -0.510. The van der Waals surface area contributed by atoms with E-state index in [1.807, 2.05) is 11.8 Å². The molecule has 2 nitrogen and oxygen atoms in total. The van der Waals surface area contributed by atoms with Crippen LogP contribution in [0.25, 0.3) is 0 Å². The van der Waals surface area contributed by atoms with Gasteiger partial charge in [0, 0.05) is 24.5 Å². The van der Waals surface area contributed by atoms with Crippen LogP contribution in [0.4, 0.5) is 0 Å². The van der Waals surface area contributed by atoms with E-state index in [0.717, 1.165) is 26.2 Å². The van der Waals surface area contributed by atoms with Crippen molar-refractivity contribution in [3.63, 3.8) is 0 Å². The van der Waals surface area contributed by atoms with Crippen molar-refractivity contribution in [2.75, 3.05) is 25.9 Å². The highest BCUT2D eigenvalue weighted by Gasteiger charge is 1.98. The zero-order valence-corrected chi connectivity index (χ0v) is 11.1. The predicted molar refractivity (Wildman–Crippen MR) is 73.1 cm³/mol. The van der Waals surface area contributed by atoms with Crippen LogP contribution in [0.5, 0.6) is 0 Å². The van der Waals surface area contributed by atoms with Crippen LogP contribution in [0.15, 0.2) is 29.2 Å². The number of hydrogen-bond acceptors (Lipinski definition) is 3. The van der Waals surface area contributed by atoms with Gasteiger partial charge >= 0.3 is 0 Å². The van der Waals surface area contributed by atoms with Gasteiger partial charge in [0.05, 0.1) is 0 Å². The lowest BCUT2D eigenvalue weighted by molar-refractivity contribution is 0.604. The Morgan fingerprint density at radius 3 is 2.56 bits per heavy atom. The molecule has 0 saturated heterocycles. The van der Waals surface area contributed by atoms with E-state index < -0.39 is 0 Å². The number of thioether (sulfide) groups is 1. The van der Waals surface area contributed by atoms with E-state index in [1.165, 1.54) is 16.9 Å². The molecule has 3 heteroatoms. The summed E-state index contributed by atoms with van der Waals surface area (Å²) >= 11 is 1.81. The highest BCUT2D eigenvalue weighted by atomic mass is 32.2. The van der Waals surface area contributed by atoms with E-state index in [2.05, 4.69) is 48.1 Å². The van der Waals surface area contributed by atoms with Crippen molar-refractivity contribution in [3.8, 4) is 0 Å². The number of hydrogen-bond donors (Lipinski definition) is 2. The van der Waals surface area contributed by atoms with Gasteiger partial charge < -0.3 is 10.6 Å². The molecule has 0 radical (unpaired) electrons. The van der Waals surface area contributed by atoms with E-state index in [9.17, 15) is 0 Å². The van der Waals surface area contributed by atoms with Gasteiger partial charge in [-0.25, -0.2) is 0 Å². The van der Waals surface area contributed by atoms with Crippen LogP contribution in [-0.2, 0) is 6.54 Å². The van der Waals surface area contributed by atoms with Crippen LogP contribution in [0.3, 0.4) is 0 Å². The van der Waals surface area contributed by atoms with Crippen molar-refractivity contribution < 1.29 is 0 Å². The summed E-state index contributed by atoms with van der Waals surface area (Å²) in [7, 11) is 0. The first kappa shape index (κ1) is 13.6. The summed E-state index contributed by atoms with van der Waals surface area (Å²) in [6, 6.07) is 8.57. The van der Waals surface area contributed by atoms with Gasteiger partial charge in [-0.2, -0.15) is 0 Å². The van der Waals surface area contributed by atoms with Gasteiger partial charge in [-0.15, -0.1) is 11.8 Å². The third-order valence-corrected chi connectivity index (χ3v) is 3.25. The Bertz CT molecular complexity index is 289. The van der Waals surface area contributed by atoms with Crippen molar-refractivity contribution >= 4 is 11.8 Å². The molecule has 0 aliphatic carbocycles. The van der Waals surface area contributed by atoms with Crippen molar-refractivity contribution in [1.29, 1.82) is 0 Å². The molecule has 16 heavy (non-hydrogen) atoms. The van der Waals surface area contributed by atoms with Crippen LogP contribution in [0.1, 0.15) is 18.9 Å². The zero-order valence-electron chi connectivity index (χ0n) is 10.3. The van der Waals surface area contributed by atoms with Crippen molar-refractivity contribution in [2.24, 2.45) is 0 Å². The summed E-state index contributed by atoms with van der Waals surface area (Å²) in [6.45, 7) is 6.35. The molecule has 0 amide bonds. The summed E-state index contributed by atoms with van der Waals surface area (Å²) in [5.74, 6) is 0. The lowest BCUT2D eigenvalue weighted by atomic mass is 10.2. The molecule has 0 aliphatic heterocycles. The van der Waals surface area contributed by atoms with Crippen molar-refractivity contribution in [3.05, 3.63) is 29.8 Å². The maximum Gasteiger partial charge on any atom is 0.0217 e. The fourth-order valence-corrected chi connectivity index (χ4v) is 2.17. The van der Waals surface area contributed by atoms with Gasteiger partial charge in [0.15, 0.2) is 0 Å². The van der Waals surface area contributed by atoms with Gasteiger partial charge in [-0.3, -0.25) is 0 Å². The van der Waals surface area contributed by atoms with E-state index in [1.54, 1.807) is 0 Å². The predicted octanol–water partition coefficient (Wildman–Crippen LogP) is 2.50. The van der Waals surface area contributed by atoms with Gasteiger partial charge in [0.1, 0.15) is 0 Å². The first-order valence-electron chi connectivity index (χ1n) is 5.91. The summed E-state index contributed by atoms with van der Waals surface area (Å²) in [6.07, 6.45) is 3.33. The fraction of sp³-hybridized carbons (Fsp3) is 0.538. The molecule has 0 atom stereocenters. The zero-order chi connectivity index (χ0) is 11.6. The van der Waals surface area contributed by atoms with Crippen LogP contribution >= 0.6 is 11.8 Å². The molecule has 1 rings (SSSR count). The molecule has 1 aromatic rings. The van der Waals surface area contributed by atoms with Crippen LogP contribution < -0.4 is 10.6 Å². The molecule has 1 aromatic carbocycles. The van der Waals surface area contributed by atoms with Crippen molar-refractivity contribution in [1.82, 2.24) is 10.6 Å². The highest BCUT2D eigenvalue weighted by molar-refractivity contribution is 7.98. The molecule has 0 unspecified atom stereocenters. The molecule has 0 aromatic heterocycles. The third kappa shape index (κ3) is 5.01. The quantitative estimate of drug-likeness (QED) is 0.537. The molecule has 90 valence electrons. The minimum Gasteiger partial charge on any atom is -0.315 e. The van der Waals surface area contributed by atoms with Crippen LogP contribution in [0, 0.1) is 0 Å². The fourth-order valence-electron chi connectivity index (χ4n) is 1.55. The van der Waals surface area contributed by atoms with Gasteiger partial charge in [-0.1, -0.05) is 25.1 Å². The summed E-state index contributed by atoms with van der Waals surface area (Å²) in [5, 5.41) is 6.84. The average molecular weight is 238 g/mol. The summed E-state index contributed by atoms with van der Waals surface area (Å²) in [4.78, 5) is 1.37. The number of rotatable bonds is 8. The number of nitrogens with one attached hydrogen (secondary N) is 2. The first-order valence-corrected chi connectivity index (χ1v) is 7.14. The van der Waals surface area contributed by atoms with Crippen LogP contribution in [-0.4, -0.2) is 25.9 Å². The Balaban J connectivity index is 2.21. The Kier molecular flexibility index (Phi) is 7.30. The molecular weight excluding hydrogens is 216 g/mol. The summed E-state index contributed by atoms with van der Waals surface area (Å²) < 4.78 is 0. The third-order valence-electron chi connectivity index (χ3n) is 2.41. The maximum absolute atomic E-state index is 3.46. The molecule has 0 fully saturated rings. The highest BCUT2D eigenvalue weighted by Crippen LogP contribution is 2.19. The topological polar surface area (TPSA) is 24.1 Å². The standard InChI is InChI=1S/C13H22N2S/c1-3-8-14-9-10-15-11-12-6-4-5-7-13(12)16-2/h4-7,14-15H,3,8-11H2,1-2H3. The molecule has 0 aliphatic rings. The van der Waals surface area contributed by atoms with Gasteiger partial charge in [-0.05, 0) is 30.9 Å². The molecule has 0 bridgehead atoms. The number of benzene rings is 1. The normalized spacial score (nSPS) is 10.6. The minimum absolute atomic E-state index is 0.963. The van der Waals surface area contributed by atoms with E-state index in [0.29, 0.717) is 0 Å². The Morgan fingerprint density at radius 2 is 1.81 bits per heavy atom. The smallest absolute Gasteiger partial charge is 0.0217 e. The summed E-state index contributed by atoms with van der Waals surface area (Å²) in [5.41, 5.74) is 1.39. The SMILES string of the molecule is CCCNCCNCc1ccccc1SC. The lowest BCUT2D eigenvalue weighted by Gasteiger charge is -2.09. The second-order valence-corrected chi connectivity index (χ2v) is 4.59. The van der Waals surface area contributed by atoms with E-state index in [4.69, 9.17) is 0 Å². The van der Waals surface area contributed by atoms with Crippen LogP contribution in [0.2, 0.25) is 0 Å². The van der Waals surface area contributed by atoms with Crippen molar-refractivity contribution in [2.45, 2.75) is 24.8 Å². The molecule has 0 spiro atoms. The second-order valence-electron chi connectivity index (χ2n) is 3.74. The Labute approximate surface area is 103 Å². The molecule has 0 saturated carbocycles. The molecule has 2 N–H and O–H groups in total.